The number of allylic oxidation sites excluding steroid dienone is 5. The maximum absolute atomic E-state index is 12.3. The normalized spacial score (nSPS) is 11.2. The Morgan fingerprint density at radius 3 is 2.36 bits per heavy atom. The lowest BCUT2D eigenvalue weighted by molar-refractivity contribution is -0.107. The van der Waals surface area contributed by atoms with Gasteiger partial charge in [0.1, 0.15) is 12.0 Å². The Morgan fingerprint density at radius 2 is 1.69 bits per heavy atom. The Labute approximate surface area is 234 Å². The third kappa shape index (κ3) is 13.6. The fourth-order valence-electron chi connectivity index (χ4n) is 3.60. The average Bonchev–Trinajstić information content (AvgIpc) is 3.26. The SMILES string of the molecule is CC.CCC(=O)c1ccccc1C1=CC=C(OCCCC#Cc2ccc(CCC=O)cc2)C=CC1.CO.CO. The van der Waals surface area contributed by atoms with E-state index in [1.54, 1.807) is 0 Å². The summed E-state index contributed by atoms with van der Waals surface area (Å²) in [6.45, 7) is 6.49. The number of aliphatic hydroxyl groups is 2. The highest BCUT2D eigenvalue weighted by atomic mass is 16.5. The zero-order chi connectivity index (χ0) is 29.3. The summed E-state index contributed by atoms with van der Waals surface area (Å²) in [5.74, 6) is 7.36. The van der Waals surface area contributed by atoms with Crippen LogP contribution in [0.15, 0.2) is 78.6 Å². The lowest BCUT2D eigenvalue weighted by Crippen LogP contribution is -2.01. The van der Waals surface area contributed by atoms with Crippen LogP contribution in [0, 0.1) is 11.8 Å². The van der Waals surface area contributed by atoms with Crippen LogP contribution >= 0.6 is 0 Å². The lowest BCUT2D eigenvalue weighted by Gasteiger charge is -2.09. The lowest BCUT2D eigenvalue weighted by atomic mass is 9.94. The van der Waals surface area contributed by atoms with Crippen molar-refractivity contribution >= 4 is 17.6 Å². The van der Waals surface area contributed by atoms with Crippen molar-refractivity contribution in [3.8, 4) is 11.8 Å². The number of aldehydes is 1. The standard InChI is InChI=1S/C30H30O3.C2H6.2CH4O/c1-2-30(32)29-15-6-5-14-28(29)26-12-8-13-27(21-20-26)33-23-7-3-4-10-24-16-18-25(19-17-24)11-9-22-31;3*1-2/h5-6,8,13-22H,2-3,7,9,11-12,23H2,1H3;1-2H3;2*2H,1H3. The zero-order valence-electron chi connectivity index (χ0n) is 24.1. The molecule has 2 N–H and O–H groups in total. The van der Waals surface area contributed by atoms with Gasteiger partial charge in [0.15, 0.2) is 5.78 Å². The molecule has 0 atom stereocenters. The Bertz CT molecular complexity index is 1110. The van der Waals surface area contributed by atoms with Crippen molar-refractivity contribution in [1.29, 1.82) is 0 Å². The predicted molar refractivity (Wildman–Crippen MR) is 161 cm³/mol. The maximum atomic E-state index is 12.3. The summed E-state index contributed by atoms with van der Waals surface area (Å²) in [4.78, 5) is 22.7. The number of hydrogen-bond donors (Lipinski definition) is 2. The van der Waals surface area contributed by atoms with Crippen molar-refractivity contribution in [3.05, 3.63) is 101 Å². The highest BCUT2D eigenvalue weighted by molar-refractivity contribution is 6.00. The fourth-order valence-corrected chi connectivity index (χ4v) is 3.60. The first-order valence-electron chi connectivity index (χ1n) is 13.4. The number of rotatable bonds is 10. The second-order valence-corrected chi connectivity index (χ2v) is 7.85. The summed E-state index contributed by atoms with van der Waals surface area (Å²) in [6.07, 6.45) is 13.2. The summed E-state index contributed by atoms with van der Waals surface area (Å²) >= 11 is 0. The summed E-state index contributed by atoms with van der Waals surface area (Å²) in [7, 11) is 2.00. The number of benzene rings is 2. The third-order valence-electron chi connectivity index (χ3n) is 5.42. The molecule has 0 bridgehead atoms. The molecule has 0 aliphatic heterocycles. The van der Waals surface area contributed by atoms with E-state index in [9.17, 15) is 9.59 Å². The molecule has 5 nitrogen and oxygen atoms in total. The van der Waals surface area contributed by atoms with E-state index in [0.717, 1.165) is 79.8 Å². The van der Waals surface area contributed by atoms with Crippen LogP contribution in [0.1, 0.15) is 79.9 Å². The molecular weight excluding hydrogens is 488 g/mol. The molecular formula is C34H44O5. The van der Waals surface area contributed by atoms with Gasteiger partial charge in [-0.05, 0) is 60.2 Å². The van der Waals surface area contributed by atoms with E-state index in [4.69, 9.17) is 14.9 Å². The van der Waals surface area contributed by atoms with Crippen LogP contribution in [-0.2, 0) is 16.0 Å². The fraction of sp³-hybridized carbons (Fsp3) is 0.353. The number of aryl methyl sites for hydroxylation is 1. The summed E-state index contributed by atoms with van der Waals surface area (Å²) in [5.41, 5.74) is 5.04. The quantitative estimate of drug-likeness (QED) is 0.153. The first-order chi connectivity index (χ1) is 19.2. The van der Waals surface area contributed by atoms with Crippen LogP contribution in [0.3, 0.4) is 0 Å². The van der Waals surface area contributed by atoms with Crippen molar-refractivity contribution in [3.63, 3.8) is 0 Å². The van der Waals surface area contributed by atoms with Gasteiger partial charge in [-0.2, -0.15) is 0 Å². The van der Waals surface area contributed by atoms with Crippen LogP contribution in [0.25, 0.3) is 5.57 Å². The molecule has 5 heteroatoms. The summed E-state index contributed by atoms with van der Waals surface area (Å²) < 4.78 is 5.92. The monoisotopic (exact) mass is 532 g/mol. The van der Waals surface area contributed by atoms with E-state index >= 15 is 0 Å². The molecule has 2 aromatic carbocycles. The molecule has 0 radical (unpaired) electrons. The van der Waals surface area contributed by atoms with E-state index in [-0.39, 0.29) is 5.78 Å². The molecule has 210 valence electrons. The molecule has 1 aliphatic rings. The van der Waals surface area contributed by atoms with E-state index in [2.05, 4.69) is 24.0 Å². The molecule has 0 fully saturated rings. The Morgan fingerprint density at radius 1 is 1.00 bits per heavy atom. The first-order valence-corrected chi connectivity index (χ1v) is 13.4. The molecule has 0 heterocycles. The molecule has 0 amide bonds. The van der Waals surface area contributed by atoms with E-state index < -0.39 is 0 Å². The number of ether oxygens (including phenoxy) is 1. The van der Waals surface area contributed by atoms with Crippen molar-refractivity contribution in [1.82, 2.24) is 0 Å². The molecule has 39 heavy (non-hydrogen) atoms. The number of aliphatic hydroxyl groups excluding tert-OH is 2. The van der Waals surface area contributed by atoms with Crippen LogP contribution in [0.2, 0.25) is 0 Å². The van der Waals surface area contributed by atoms with Gasteiger partial charge in [0.05, 0.1) is 6.61 Å². The van der Waals surface area contributed by atoms with Crippen LogP contribution in [0.4, 0.5) is 0 Å². The summed E-state index contributed by atoms with van der Waals surface area (Å²) in [6, 6.07) is 15.9. The largest absolute Gasteiger partial charge is 0.494 e. The maximum Gasteiger partial charge on any atom is 0.163 e. The van der Waals surface area contributed by atoms with Crippen LogP contribution in [0.5, 0.6) is 0 Å². The minimum absolute atomic E-state index is 0.162. The predicted octanol–water partition coefficient (Wildman–Crippen LogP) is 6.73. The van der Waals surface area contributed by atoms with E-state index in [1.165, 1.54) is 0 Å². The zero-order valence-corrected chi connectivity index (χ0v) is 24.1. The van der Waals surface area contributed by atoms with Crippen LogP contribution < -0.4 is 0 Å². The van der Waals surface area contributed by atoms with Gasteiger partial charge in [-0.1, -0.05) is 81.2 Å². The molecule has 0 saturated carbocycles. The van der Waals surface area contributed by atoms with E-state index in [1.807, 2.05) is 81.5 Å². The van der Waals surface area contributed by atoms with Gasteiger partial charge >= 0.3 is 0 Å². The number of unbranched alkanes of at least 4 members (excludes halogenated alkanes) is 1. The van der Waals surface area contributed by atoms with Gasteiger partial charge in [0, 0.05) is 44.6 Å². The molecule has 1 aliphatic carbocycles. The second kappa shape index (κ2) is 23.4. The van der Waals surface area contributed by atoms with Gasteiger partial charge < -0.3 is 19.7 Å². The summed E-state index contributed by atoms with van der Waals surface area (Å²) in [5, 5.41) is 14.0. The molecule has 0 aromatic heterocycles. The number of Topliss-reactive ketones (excluding diaryl/α,β-unsaturated/α-hetero) is 1. The van der Waals surface area contributed by atoms with E-state index in [0.29, 0.717) is 19.4 Å². The Hall–Kier alpha value is -3.72. The molecule has 0 spiro atoms. The molecule has 3 rings (SSSR count). The number of hydrogen-bond acceptors (Lipinski definition) is 5. The van der Waals surface area contributed by atoms with Crippen LogP contribution in [-0.4, -0.2) is 43.1 Å². The highest BCUT2D eigenvalue weighted by Gasteiger charge is 2.12. The Balaban J connectivity index is 0.00000225. The minimum atomic E-state index is 0.162. The third-order valence-corrected chi connectivity index (χ3v) is 5.42. The van der Waals surface area contributed by atoms with Crippen molar-refractivity contribution < 1.29 is 24.5 Å². The first kappa shape index (κ1) is 35.3. The topological polar surface area (TPSA) is 83.8 Å². The van der Waals surface area contributed by atoms with Gasteiger partial charge in [0.2, 0.25) is 0 Å². The number of ketones is 1. The van der Waals surface area contributed by atoms with Gasteiger partial charge in [-0.15, -0.1) is 0 Å². The van der Waals surface area contributed by atoms with Gasteiger partial charge in [-0.25, -0.2) is 0 Å². The molecule has 2 aromatic rings. The average molecular weight is 533 g/mol. The van der Waals surface area contributed by atoms with Crippen molar-refractivity contribution in [2.24, 2.45) is 0 Å². The smallest absolute Gasteiger partial charge is 0.163 e. The van der Waals surface area contributed by atoms with Gasteiger partial charge in [0.25, 0.3) is 0 Å². The van der Waals surface area contributed by atoms with Crippen molar-refractivity contribution in [2.75, 3.05) is 20.8 Å². The number of carbonyl (C=O) groups excluding carboxylic acids is 2. The van der Waals surface area contributed by atoms with Crippen molar-refractivity contribution in [2.45, 2.75) is 59.3 Å². The highest BCUT2D eigenvalue weighted by Crippen LogP contribution is 2.26. The Kier molecular flexibility index (Phi) is 21.2. The minimum Gasteiger partial charge on any atom is -0.494 e. The molecule has 0 saturated heterocycles. The van der Waals surface area contributed by atoms with Gasteiger partial charge in [-0.3, -0.25) is 4.79 Å². The number of carbonyl (C=O) groups is 2. The second-order valence-electron chi connectivity index (χ2n) is 7.85. The molecule has 0 unspecified atom stereocenters.